The summed E-state index contributed by atoms with van der Waals surface area (Å²) in [6.45, 7) is 6.16. The van der Waals surface area contributed by atoms with Gasteiger partial charge in [-0.1, -0.05) is 19.6 Å². The summed E-state index contributed by atoms with van der Waals surface area (Å²) in [4.78, 5) is 0. The van der Waals surface area contributed by atoms with Gasteiger partial charge in [-0.3, -0.25) is 0 Å². The van der Waals surface area contributed by atoms with E-state index in [0.29, 0.717) is 5.92 Å². The Morgan fingerprint density at radius 3 is 3.00 bits per heavy atom. The van der Waals surface area contributed by atoms with Crippen LogP contribution < -0.4 is 0 Å². The van der Waals surface area contributed by atoms with Crippen LogP contribution in [-0.4, -0.2) is 0 Å². The molecule has 1 aliphatic rings. The largest absolute Gasteiger partial charge is 0.207 e. The van der Waals surface area contributed by atoms with Gasteiger partial charge in [0.1, 0.15) is 5.82 Å². The highest BCUT2D eigenvalue weighted by Gasteiger charge is 2.18. The van der Waals surface area contributed by atoms with Crippen LogP contribution >= 0.6 is 0 Å². The van der Waals surface area contributed by atoms with Crippen LogP contribution in [0.15, 0.2) is 24.8 Å². The fourth-order valence-corrected chi connectivity index (χ4v) is 1.88. The molecule has 1 unspecified atom stereocenters. The van der Waals surface area contributed by atoms with Gasteiger partial charge < -0.3 is 0 Å². The van der Waals surface area contributed by atoms with Crippen molar-refractivity contribution in [3.05, 3.63) is 41.7 Å². The van der Waals surface area contributed by atoms with Gasteiger partial charge in [0, 0.05) is 0 Å². The first-order chi connectivity index (χ1) is 6.18. The van der Waals surface area contributed by atoms with E-state index in [9.17, 15) is 4.39 Å². The van der Waals surface area contributed by atoms with Crippen molar-refractivity contribution in [2.75, 3.05) is 0 Å². The predicted molar refractivity (Wildman–Crippen MR) is 52.9 cm³/mol. The molecule has 1 aliphatic carbocycles. The van der Waals surface area contributed by atoms with E-state index in [0.717, 1.165) is 24.0 Å². The lowest BCUT2D eigenvalue weighted by atomic mass is 9.81. The first-order valence-electron chi connectivity index (χ1n) is 4.66. The summed E-state index contributed by atoms with van der Waals surface area (Å²) in [6, 6.07) is 5.01. The molecule has 0 spiro atoms. The molecular formula is C12H13F. The molecule has 1 aromatic rings. The minimum atomic E-state index is -0.158. The number of benzene rings is 1. The number of hydrogen-bond acceptors (Lipinski definition) is 0. The van der Waals surface area contributed by atoms with Gasteiger partial charge in [-0.05, 0) is 47.6 Å². The molecule has 0 N–H and O–H groups in total. The summed E-state index contributed by atoms with van der Waals surface area (Å²) in [6.07, 6.45) is 2.19. The Morgan fingerprint density at radius 2 is 2.23 bits per heavy atom. The van der Waals surface area contributed by atoms with E-state index in [1.807, 2.05) is 6.07 Å². The van der Waals surface area contributed by atoms with E-state index in [-0.39, 0.29) is 5.82 Å². The van der Waals surface area contributed by atoms with Gasteiger partial charge in [0.05, 0.1) is 0 Å². The zero-order valence-corrected chi connectivity index (χ0v) is 7.81. The highest BCUT2D eigenvalue weighted by atomic mass is 19.1. The molecule has 0 heterocycles. The predicted octanol–water partition coefficient (Wildman–Crippen LogP) is 3.42. The van der Waals surface area contributed by atoms with Gasteiger partial charge in [0.15, 0.2) is 0 Å². The molecule has 0 bridgehead atoms. The van der Waals surface area contributed by atoms with Crippen LogP contribution in [0.4, 0.5) is 4.39 Å². The van der Waals surface area contributed by atoms with Crippen molar-refractivity contribution >= 4 is 5.57 Å². The normalized spacial score (nSPS) is 21.4. The van der Waals surface area contributed by atoms with Gasteiger partial charge in [0.25, 0.3) is 0 Å². The van der Waals surface area contributed by atoms with E-state index in [1.165, 1.54) is 11.6 Å². The minimum absolute atomic E-state index is 0.158. The van der Waals surface area contributed by atoms with Crippen LogP contribution in [0.5, 0.6) is 0 Å². The van der Waals surface area contributed by atoms with E-state index in [4.69, 9.17) is 0 Å². The summed E-state index contributed by atoms with van der Waals surface area (Å²) < 4.78 is 13.0. The molecule has 68 valence electrons. The molecule has 1 heteroatoms. The van der Waals surface area contributed by atoms with Gasteiger partial charge in [-0.2, -0.15) is 0 Å². The molecule has 0 saturated carbocycles. The highest BCUT2D eigenvalue weighted by molar-refractivity contribution is 5.69. The monoisotopic (exact) mass is 176 g/mol. The fourth-order valence-electron chi connectivity index (χ4n) is 1.88. The number of allylic oxidation sites excluding steroid dienone is 1. The van der Waals surface area contributed by atoms with E-state index < -0.39 is 0 Å². The van der Waals surface area contributed by atoms with Gasteiger partial charge in [0.2, 0.25) is 0 Å². The summed E-state index contributed by atoms with van der Waals surface area (Å²) in [5.41, 5.74) is 3.35. The molecule has 0 aromatic heterocycles. The van der Waals surface area contributed by atoms with Crippen molar-refractivity contribution in [2.24, 2.45) is 5.92 Å². The zero-order chi connectivity index (χ0) is 9.42. The fraction of sp³-hybridized carbons (Fsp3) is 0.333. The van der Waals surface area contributed by atoms with Crippen LogP contribution in [0.3, 0.4) is 0 Å². The first kappa shape index (κ1) is 8.49. The smallest absolute Gasteiger partial charge is 0.123 e. The molecule has 13 heavy (non-hydrogen) atoms. The lowest BCUT2D eigenvalue weighted by Crippen LogP contribution is -2.09. The van der Waals surface area contributed by atoms with E-state index in [1.54, 1.807) is 6.07 Å². The zero-order valence-electron chi connectivity index (χ0n) is 7.81. The van der Waals surface area contributed by atoms with Crippen molar-refractivity contribution in [3.8, 4) is 0 Å². The van der Waals surface area contributed by atoms with Crippen LogP contribution in [0.2, 0.25) is 0 Å². The molecule has 0 saturated heterocycles. The van der Waals surface area contributed by atoms with Crippen molar-refractivity contribution in [1.82, 2.24) is 0 Å². The number of halogens is 1. The average Bonchev–Trinajstić information content (AvgIpc) is 2.12. The molecular weight excluding hydrogens is 163 g/mol. The average molecular weight is 176 g/mol. The standard InChI is InChI=1S/C12H13F/c1-8-3-4-10-5-6-11(13)7-12(10)9(8)2/h5-8H,2-4H2,1H3. The number of rotatable bonds is 0. The maximum absolute atomic E-state index is 13.0. The Kier molecular flexibility index (Phi) is 1.95. The summed E-state index contributed by atoms with van der Waals surface area (Å²) in [7, 11) is 0. The maximum atomic E-state index is 13.0. The van der Waals surface area contributed by atoms with E-state index >= 15 is 0 Å². The first-order valence-corrected chi connectivity index (χ1v) is 4.66. The topological polar surface area (TPSA) is 0 Å². The molecule has 0 amide bonds. The van der Waals surface area contributed by atoms with Crippen LogP contribution in [0.1, 0.15) is 24.5 Å². The maximum Gasteiger partial charge on any atom is 0.123 e. The summed E-state index contributed by atoms with van der Waals surface area (Å²) in [5.74, 6) is 0.336. The third-order valence-corrected chi connectivity index (χ3v) is 2.86. The molecule has 0 radical (unpaired) electrons. The molecule has 0 nitrogen and oxygen atoms in total. The summed E-state index contributed by atoms with van der Waals surface area (Å²) in [5, 5.41) is 0. The SMILES string of the molecule is C=C1c2cc(F)ccc2CCC1C. The molecule has 0 aliphatic heterocycles. The molecule has 2 rings (SSSR count). The Bertz CT molecular complexity index is 352. The van der Waals surface area contributed by atoms with Gasteiger partial charge in [-0.15, -0.1) is 0 Å². The van der Waals surface area contributed by atoms with Crippen LogP contribution in [0.25, 0.3) is 5.57 Å². The van der Waals surface area contributed by atoms with Gasteiger partial charge in [-0.25, -0.2) is 4.39 Å². The van der Waals surface area contributed by atoms with Crippen molar-refractivity contribution in [2.45, 2.75) is 19.8 Å². The highest BCUT2D eigenvalue weighted by Crippen LogP contribution is 2.33. The van der Waals surface area contributed by atoms with Crippen molar-refractivity contribution in [1.29, 1.82) is 0 Å². The number of fused-ring (bicyclic) bond motifs is 1. The number of aryl methyl sites for hydroxylation is 1. The second-order valence-corrected chi connectivity index (χ2v) is 3.77. The Hall–Kier alpha value is -1.11. The molecule has 1 atom stereocenters. The Morgan fingerprint density at radius 1 is 1.46 bits per heavy atom. The Labute approximate surface area is 78.1 Å². The van der Waals surface area contributed by atoms with Gasteiger partial charge >= 0.3 is 0 Å². The molecule has 0 fully saturated rings. The third-order valence-electron chi connectivity index (χ3n) is 2.86. The van der Waals surface area contributed by atoms with E-state index in [2.05, 4.69) is 13.5 Å². The number of hydrogen-bond donors (Lipinski definition) is 0. The third kappa shape index (κ3) is 1.39. The van der Waals surface area contributed by atoms with Crippen molar-refractivity contribution in [3.63, 3.8) is 0 Å². The second-order valence-electron chi connectivity index (χ2n) is 3.77. The summed E-state index contributed by atoms with van der Waals surface area (Å²) >= 11 is 0. The van der Waals surface area contributed by atoms with Crippen molar-refractivity contribution < 1.29 is 4.39 Å². The lowest BCUT2D eigenvalue weighted by Gasteiger charge is -2.23. The quantitative estimate of drug-likeness (QED) is 0.568. The van der Waals surface area contributed by atoms with Crippen LogP contribution in [-0.2, 0) is 6.42 Å². The second kappa shape index (κ2) is 2.99. The minimum Gasteiger partial charge on any atom is -0.207 e. The lowest BCUT2D eigenvalue weighted by molar-refractivity contribution is 0.613. The Balaban J connectivity index is 2.51. The molecule has 1 aromatic carbocycles. The van der Waals surface area contributed by atoms with Crippen LogP contribution in [0, 0.1) is 11.7 Å².